The molecule has 0 saturated heterocycles. The van der Waals surface area contributed by atoms with E-state index in [1.54, 1.807) is 11.8 Å². The number of rotatable bonds is 5. The predicted octanol–water partition coefficient (Wildman–Crippen LogP) is 6.30. The zero-order valence-corrected chi connectivity index (χ0v) is 16.2. The molecule has 1 N–H and O–H groups in total. The van der Waals surface area contributed by atoms with E-state index in [-0.39, 0.29) is 5.91 Å². The number of hydrogen-bond donors (Lipinski definition) is 1. The highest BCUT2D eigenvalue weighted by atomic mass is 79.9. The normalized spacial score (nSPS) is 10.5. The highest BCUT2D eigenvalue weighted by Crippen LogP contribution is 2.27. The van der Waals surface area contributed by atoms with Crippen LogP contribution in [0.4, 0.5) is 5.69 Å². The smallest absolute Gasteiger partial charge is 0.256 e. The van der Waals surface area contributed by atoms with Crippen LogP contribution in [0.3, 0.4) is 0 Å². The van der Waals surface area contributed by atoms with E-state index < -0.39 is 0 Å². The first-order chi connectivity index (χ1) is 12.1. The Kier molecular flexibility index (Phi) is 5.95. The molecule has 3 aromatic rings. The topological polar surface area (TPSA) is 29.1 Å². The highest BCUT2D eigenvalue weighted by molar-refractivity contribution is 9.10. The average Bonchev–Trinajstić information content (AvgIpc) is 2.63. The maximum atomic E-state index is 12.7. The van der Waals surface area contributed by atoms with Gasteiger partial charge in [-0.15, -0.1) is 11.8 Å². The number of anilines is 1. The number of hydrogen-bond acceptors (Lipinski definition) is 2. The molecular formula is C21H18BrNOS. The molecule has 0 aromatic heterocycles. The lowest BCUT2D eigenvalue weighted by Crippen LogP contribution is -2.13. The highest BCUT2D eigenvalue weighted by Gasteiger charge is 2.13. The molecule has 25 heavy (non-hydrogen) atoms. The third-order valence-electron chi connectivity index (χ3n) is 3.81. The number of halogens is 1. The van der Waals surface area contributed by atoms with E-state index in [4.69, 9.17) is 0 Å². The molecule has 4 heteroatoms. The van der Waals surface area contributed by atoms with Crippen molar-refractivity contribution < 1.29 is 4.79 Å². The van der Waals surface area contributed by atoms with Crippen molar-refractivity contribution in [2.45, 2.75) is 17.6 Å². The van der Waals surface area contributed by atoms with Crippen molar-refractivity contribution in [1.29, 1.82) is 0 Å². The van der Waals surface area contributed by atoms with Gasteiger partial charge in [-0.3, -0.25) is 4.79 Å². The minimum atomic E-state index is -0.0819. The molecular weight excluding hydrogens is 394 g/mol. The zero-order chi connectivity index (χ0) is 17.6. The molecule has 0 heterocycles. The van der Waals surface area contributed by atoms with E-state index in [2.05, 4.69) is 33.4 Å². The van der Waals surface area contributed by atoms with Crippen LogP contribution in [-0.4, -0.2) is 5.91 Å². The molecule has 0 spiro atoms. The molecule has 0 aliphatic carbocycles. The Morgan fingerprint density at radius 1 is 1.00 bits per heavy atom. The number of aryl methyl sites for hydroxylation is 1. The van der Waals surface area contributed by atoms with Gasteiger partial charge in [-0.2, -0.15) is 0 Å². The van der Waals surface area contributed by atoms with Crippen molar-refractivity contribution in [2.24, 2.45) is 0 Å². The van der Waals surface area contributed by atoms with E-state index in [9.17, 15) is 4.79 Å². The minimum Gasteiger partial charge on any atom is -0.322 e. The Morgan fingerprint density at radius 2 is 1.72 bits per heavy atom. The van der Waals surface area contributed by atoms with E-state index in [0.29, 0.717) is 5.56 Å². The molecule has 0 fully saturated rings. The first kappa shape index (κ1) is 17.8. The van der Waals surface area contributed by atoms with Crippen molar-refractivity contribution in [3.05, 3.63) is 94.0 Å². The van der Waals surface area contributed by atoms with Crippen molar-refractivity contribution in [2.75, 3.05) is 5.32 Å². The molecule has 0 aliphatic heterocycles. The molecule has 3 rings (SSSR count). The molecule has 0 unspecified atom stereocenters. The fourth-order valence-corrected chi connectivity index (χ4v) is 3.95. The summed E-state index contributed by atoms with van der Waals surface area (Å²) in [6, 6.07) is 23.8. The van der Waals surface area contributed by atoms with Crippen LogP contribution >= 0.6 is 27.7 Å². The lowest BCUT2D eigenvalue weighted by atomic mass is 10.1. The Balaban J connectivity index is 1.76. The second kappa shape index (κ2) is 8.37. The summed E-state index contributed by atoms with van der Waals surface area (Å²) in [6.07, 6.45) is 0. The van der Waals surface area contributed by atoms with Gasteiger partial charge >= 0.3 is 0 Å². The maximum Gasteiger partial charge on any atom is 0.256 e. The summed E-state index contributed by atoms with van der Waals surface area (Å²) in [5.74, 6) is 0.754. The van der Waals surface area contributed by atoms with Gasteiger partial charge in [0.1, 0.15) is 0 Å². The SMILES string of the molecule is Cc1cc(Br)ccc1NC(=O)c1ccccc1SCc1ccccc1. The monoisotopic (exact) mass is 411 g/mol. The van der Waals surface area contributed by atoms with Gasteiger partial charge in [-0.1, -0.05) is 58.4 Å². The van der Waals surface area contributed by atoms with Crippen molar-refractivity contribution in [1.82, 2.24) is 0 Å². The number of nitrogens with one attached hydrogen (secondary N) is 1. The maximum absolute atomic E-state index is 12.7. The first-order valence-corrected chi connectivity index (χ1v) is 9.74. The standard InChI is InChI=1S/C21H18BrNOS/c1-15-13-17(22)11-12-19(15)23-21(24)18-9-5-6-10-20(18)25-14-16-7-3-2-4-8-16/h2-13H,14H2,1H3,(H,23,24). The van der Waals surface area contributed by atoms with Gasteiger partial charge < -0.3 is 5.32 Å². The fraction of sp³-hybridized carbons (Fsp3) is 0.0952. The van der Waals surface area contributed by atoms with Gasteiger partial charge in [0.25, 0.3) is 5.91 Å². The van der Waals surface area contributed by atoms with Gasteiger partial charge in [0.15, 0.2) is 0 Å². The molecule has 1 amide bonds. The summed E-state index contributed by atoms with van der Waals surface area (Å²) < 4.78 is 1.00. The molecule has 0 atom stereocenters. The van der Waals surface area contributed by atoms with Crippen molar-refractivity contribution in [3.8, 4) is 0 Å². The molecule has 2 nitrogen and oxygen atoms in total. The van der Waals surface area contributed by atoms with Crippen LogP contribution in [0, 0.1) is 6.92 Å². The first-order valence-electron chi connectivity index (χ1n) is 7.97. The van der Waals surface area contributed by atoms with E-state index in [1.165, 1.54) is 5.56 Å². The van der Waals surface area contributed by atoms with Gasteiger partial charge in [-0.05, 0) is 48.4 Å². The summed E-state index contributed by atoms with van der Waals surface area (Å²) in [4.78, 5) is 13.7. The zero-order valence-electron chi connectivity index (χ0n) is 13.8. The number of benzene rings is 3. The van der Waals surface area contributed by atoms with Crippen LogP contribution in [0.1, 0.15) is 21.5 Å². The average molecular weight is 412 g/mol. The van der Waals surface area contributed by atoms with Gasteiger partial charge in [0.05, 0.1) is 5.56 Å². The predicted molar refractivity (Wildman–Crippen MR) is 109 cm³/mol. The number of amides is 1. The summed E-state index contributed by atoms with van der Waals surface area (Å²) in [5.41, 5.74) is 3.80. The molecule has 0 bridgehead atoms. The lowest BCUT2D eigenvalue weighted by molar-refractivity contribution is 0.102. The van der Waals surface area contributed by atoms with Crippen LogP contribution in [0.5, 0.6) is 0 Å². The van der Waals surface area contributed by atoms with Crippen molar-refractivity contribution in [3.63, 3.8) is 0 Å². The third kappa shape index (κ3) is 4.74. The summed E-state index contributed by atoms with van der Waals surface area (Å²) in [5, 5.41) is 3.02. The number of carbonyl (C=O) groups is 1. The van der Waals surface area contributed by atoms with Crippen LogP contribution in [0.25, 0.3) is 0 Å². The van der Waals surface area contributed by atoms with Gasteiger partial charge in [0, 0.05) is 20.8 Å². The fourth-order valence-electron chi connectivity index (χ4n) is 2.47. The van der Waals surface area contributed by atoms with Gasteiger partial charge in [-0.25, -0.2) is 0 Å². The second-order valence-corrected chi connectivity index (χ2v) is 7.62. The Morgan fingerprint density at radius 3 is 2.48 bits per heavy atom. The number of carbonyl (C=O) groups excluding carboxylic acids is 1. The lowest BCUT2D eigenvalue weighted by Gasteiger charge is -2.12. The molecule has 0 saturated carbocycles. The Labute approximate surface area is 160 Å². The largest absolute Gasteiger partial charge is 0.322 e. The summed E-state index contributed by atoms with van der Waals surface area (Å²) in [6.45, 7) is 1.98. The van der Waals surface area contributed by atoms with E-state index >= 15 is 0 Å². The molecule has 3 aromatic carbocycles. The molecule has 0 aliphatic rings. The molecule has 0 radical (unpaired) electrons. The summed E-state index contributed by atoms with van der Waals surface area (Å²) in [7, 11) is 0. The third-order valence-corrected chi connectivity index (χ3v) is 5.44. The van der Waals surface area contributed by atoms with E-state index in [0.717, 1.165) is 26.4 Å². The van der Waals surface area contributed by atoms with Crippen molar-refractivity contribution >= 4 is 39.3 Å². The van der Waals surface area contributed by atoms with Crippen LogP contribution < -0.4 is 5.32 Å². The molecule has 126 valence electrons. The van der Waals surface area contributed by atoms with Crippen LogP contribution in [-0.2, 0) is 5.75 Å². The number of thioether (sulfide) groups is 1. The second-order valence-electron chi connectivity index (χ2n) is 5.68. The Hall–Kier alpha value is -2.04. The quantitative estimate of drug-likeness (QED) is 0.498. The van der Waals surface area contributed by atoms with E-state index in [1.807, 2.05) is 67.6 Å². The summed E-state index contributed by atoms with van der Waals surface area (Å²) >= 11 is 5.12. The van der Waals surface area contributed by atoms with Gasteiger partial charge in [0.2, 0.25) is 0 Å². The Bertz CT molecular complexity index is 880. The van der Waals surface area contributed by atoms with Crippen LogP contribution in [0.15, 0.2) is 82.2 Å². The minimum absolute atomic E-state index is 0.0819. The van der Waals surface area contributed by atoms with Crippen LogP contribution in [0.2, 0.25) is 0 Å².